The lowest BCUT2D eigenvalue weighted by Gasteiger charge is -2.24. The molecule has 1 N–H and O–H groups in total. The standard InChI is InChI=1S/C16H33N/c1-3-5-6-7-12-16(14-17-13-4-2)15-10-8-9-11-15/h15-17H,3-14H2,1-2H3. The lowest BCUT2D eigenvalue weighted by Crippen LogP contribution is -2.28. The van der Waals surface area contributed by atoms with Crippen molar-refractivity contribution in [1.82, 2.24) is 5.32 Å². The van der Waals surface area contributed by atoms with Gasteiger partial charge in [-0.15, -0.1) is 0 Å². The van der Waals surface area contributed by atoms with Gasteiger partial charge in [0.2, 0.25) is 0 Å². The molecule has 1 aliphatic carbocycles. The average molecular weight is 239 g/mol. The summed E-state index contributed by atoms with van der Waals surface area (Å²) in [6, 6.07) is 0. The van der Waals surface area contributed by atoms with Crippen molar-refractivity contribution in [2.75, 3.05) is 13.1 Å². The summed E-state index contributed by atoms with van der Waals surface area (Å²) in [5, 5.41) is 3.65. The van der Waals surface area contributed by atoms with E-state index >= 15 is 0 Å². The second-order valence-corrected chi connectivity index (χ2v) is 5.86. The van der Waals surface area contributed by atoms with Gasteiger partial charge in [0.15, 0.2) is 0 Å². The Balaban J connectivity index is 2.20. The minimum Gasteiger partial charge on any atom is -0.316 e. The molecule has 1 fully saturated rings. The van der Waals surface area contributed by atoms with Crippen molar-refractivity contribution in [2.24, 2.45) is 11.8 Å². The quantitative estimate of drug-likeness (QED) is 0.542. The van der Waals surface area contributed by atoms with Crippen LogP contribution in [-0.4, -0.2) is 13.1 Å². The van der Waals surface area contributed by atoms with Crippen molar-refractivity contribution in [3.63, 3.8) is 0 Å². The summed E-state index contributed by atoms with van der Waals surface area (Å²) in [6.07, 6.45) is 14.4. The average Bonchev–Trinajstić information content (AvgIpc) is 2.86. The normalized spacial score (nSPS) is 18.7. The number of hydrogen-bond acceptors (Lipinski definition) is 1. The van der Waals surface area contributed by atoms with Crippen LogP contribution in [0, 0.1) is 11.8 Å². The van der Waals surface area contributed by atoms with Gasteiger partial charge in [0.25, 0.3) is 0 Å². The Kier molecular flexibility index (Phi) is 8.78. The lowest BCUT2D eigenvalue weighted by atomic mass is 9.86. The van der Waals surface area contributed by atoms with E-state index in [2.05, 4.69) is 19.2 Å². The summed E-state index contributed by atoms with van der Waals surface area (Å²) in [7, 11) is 0. The summed E-state index contributed by atoms with van der Waals surface area (Å²) < 4.78 is 0. The fourth-order valence-electron chi connectivity index (χ4n) is 3.23. The van der Waals surface area contributed by atoms with Crippen molar-refractivity contribution >= 4 is 0 Å². The topological polar surface area (TPSA) is 12.0 Å². The molecule has 0 aliphatic heterocycles. The summed E-state index contributed by atoms with van der Waals surface area (Å²) in [6.45, 7) is 7.05. The van der Waals surface area contributed by atoms with Crippen molar-refractivity contribution < 1.29 is 0 Å². The molecule has 17 heavy (non-hydrogen) atoms. The van der Waals surface area contributed by atoms with Gasteiger partial charge in [-0.1, -0.05) is 65.2 Å². The van der Waals surface area contributed by atoms with Gasteiger partial charge in [-0.25, -0.2) is 0 Å². The van der Waals surface area contributed by atoms with Gasteiger partial charge in [0.05, 0.1) is 0 Å². The Morgan fingerprint density at radius 3 is 2.41 bits per heavy atom. The summed E-state index contributed by atoms with van der Waals surface area (Å²) >= 11 is 0. The van der Waals surface area contributed by atoms with Gasteiger partial charge in [0.1, 0.15) is 0 Å². The summed E-state index contributed by atoms with van der Waals surface area (Å²) in [4.78, 5) is 0. The molecule has 1 unspecified atom stereocenters. The highest BCUT2D eigenvalue weighted by Gasteiger charge is 2.23. The van der Waals surface area contributed by atoms with Crippen molar-refractivity contribution in [3.05, 3.63) is 0 Å². The van der Waals surface area contributed by atoms with Crippen LogP contribution in [0.1, 0.15) is 78.1 Å². The molecule has 1 nitrogen and oxygen atoms in total. The highest BCUT2D eigenvalue weighted by molar-refractivity contribution is 4.77. The van der Waals surface area contributed by atoms with Crippen LogP contribution in [0.15, 0.2) is 0 Å². The van der Waals surface area contributed by atoms with E-state index in [1.54, 1.807) is 0 Å². The number of rotatable bonds is 10. The Bertz CT molecular complexity index is 161. The van der Waals surface area contributed by atoms with Gasteiger partial charge in [-0.3, -0.25) is 0 Å². The van der Waals surface area contributed by atoms with Crippen LogP contribution in [-0.2, 0) is 0 Å². The molecule has 0 aromatic carbocycles. The van der Waals surface area contributed by atoms with Gasteiger partial charge in [-0.2, -0.15) is 0 Å². The molecule has 0 spiro atoms. The first-order valence-corrected chi connectivity index (χ1v) is 8.09. The van der Waals surface area contributed by atoms with Crippen LogP contribution in [0.25, 0.3) is 0 Å². The molecule has 0 aromatic heterocycles. The highest BCUT2D eigenvalue weighted by atomic mass is 14.9. The van der Waals surface area contributed by atoms with E-state index in [0.717, 1.165) is 11.8 Å². The van der Waals surface area contributed by atoms with Crippen LogP contribution in [0.5, 0.6) is 0 Å². The zero-order chi connectivity index (χ0) is 12.3. The van der Waals surface area contributed by atoms with Gasteiger partial charge >= 0.3 is 0 Å². The molecule has 1 atom stereocenters. The van der Waals surface area contributed by atoms with Crippen LogP contribution >= 0.6 is 0 Å². The van der Waals surface area contributed by atoms with Crippen LogP contribution < -0.4 is 5.32 Å². The second-order valence-electron chi connectivity index (χ2n) is 5.86. The van der Waals surface area contributed by atoms with Gasteiger partial charge in [0, 0.05) is 0 Å². The third kappa shape index (κ3) is 6.45. The number of unbranched alkanes of at least 4 members (excludes halogenated alkanes) is 3. The Morgan fingerprint density at radius 2 is 1.76 bits per heavy atom. The van der Waals surface area contributed by atoms with Crippen molar-refractivity contribution in [3.8, 4) is 0 Å². The molecular weight excluding hydrogens is 206 g/mol. The highest BCUT2D eigenvalue weighted by Crippen LogP contribution is 2.33. The lowest BCUT2D eigenvalue weighted by molar-refractivity contribution is 0.296. The fourth-order valence-corrected chi connectivity index (χ4v) is 3.23. The fraction of sp³-hybridized carbons (Fsp3) is 1.00. The van der Waals surface area contributed by atoms with E-state index in [1.807, 2.05) is 0 Å². The van der Waals surface area contributed by atoms with Crippen molar-refractivity contribution in [2.45, 2.75) is 78.1 Å². The first kappa shape index (κ1) is 15.0. The zero-order valence-corrected chi connectivity index (χ0v) is 12.1. The molecule has 0 amide bonds. The first-order chi connectivity index (χ1) is 8.38. The maximum Gasteiger partial charge on any atom is -0.00179 e. The third-order valence-electron chi connectivity index (χ3n) is 4.33. The molecule has 1 aliphatic rings. The molecular formula is C16H33N. The van der Waals surface area contributed by atoms with E-state index < -0.39 is 0 Å². The first-order valence-electron chi connectivity index (χ1n) is 8.09. The Morgan fingerprint density at radius 1 is 1.00 bits per heavy atom. The van der Waals surface area contributed by atoms with E-state index in [1.165, 1.54) is 77.3 Å². The molecule has 1 saturated carbocycles. The summed E-state index contributed by atoms with van der Waals surface area (Å²) in [5.41, 5.74) is 0. The van der Waals surface area contributed by atoms with Gasteiger partial charge in [-0.05, 0) is 37.8 Å². The minimum atomic E-state index is 0.973. The predicted octanol–water partition coefficient (Wildman–Crippen LogP) is 4.76. The molecule has 0 saturated heterocycles. The smallest absolute Gasteiger partial charge is 0.00179 e. The van der Waals surface area contributed by atoms with Crippen LogP contribution in [0.4, 0.5) is 0 Å². The molecule has 0 aromatic rings. The largest absolute Gasteiger partial charge is 0.316 e. The molecule has 1 heteroatoms. The maximum atomic E-state index is 3.65. The maximum absolute atomic E-state index is 3.65. The van der Waals surface area contributed by atoms with Crippen LogP contribution in [0.2, 0.25) is 0 Å². The SMILES string of the molecule is CCCCCCC(CNCCC)C1CCCC1. The summed E-state index contributed by atoms with van der Waals surface area (Å²) in [5.74, 6) is 2.02. The number of hydrogen-bond donors (Lipinski definition) is 1. The minimum absolute atomic E-state index is 0.973. The van der Waals surface area contributed by atoms with E-state index in [0.29, 0.717) is 0 Å². The molecule has 0 bridgehead atoms. The molecule has 102 valence electrons. The zero-order valence-electron chi connectivity index (χ0n) is 12.1. The van der Waals surface area contributed by atoms with E-state index in [9.17, 15) is 0 Å². The monoisotopic (exact) mass is 239 g/mol. The van der Waals surface area contributed by atoms with Gasteiger partial charge < -0.3 is 5.32 Å². The Labute approximate surface area is 109 Å². The second kappa shape index (κ2) is 9.94. The number of nitrogens with one attached hydrogen (secondary N) is 1. The predicted molar refractivity (Wildman–Crippen MR) is 77.4 cm³/mol. The molecule has 0 radical (unpaired) electrons. The Hall–Kier alpha value is -0.0400. The van der Waals surface area contributed by atoms with Crippen LogP contribution in [0.3, 0.4) is 0 Å². The molecule has 1 rings (SSSR count). The molecule has 0 heterocycles. The third-order valence-corrected chi connectivity index (χ3v) is 4.33. The van der Waals surface area contributed by atoms with E-state index in [-0.39, 0.29) is 0 Å². The van der Waals surface area contributed by atoms with E-state index in [4.69, 9.17) is 0 Å². The van der Waals surface area contributed by atoms with Crippen molar-refractivity contribution in [1.29, 1.82) is 0 Å².